The van der Waals surface area contributed by atoms with E-state index in [1.807, 2.05) is 0 Å². The predicted octanol–water partition coefficient (Wildman–Crippen LogP) is 1.90. The fourth-order valence-corrected chi connectivity index (χ4v) is 2.30. The Morgan fingerprint density at radius 1 is 1.35 bits per heavy atom. The molecule has 1 saturated heterocycles. The summed E-state index contributed by atoms with van der Waals surface area (Å²) in [5.74, 6) is -1.36. The smallest absolute Gasteiger partial charge is 0.151 e. The molecule has 1 unspecified atom stereocenters. The van der Waals surface area contributed by atoms with E-state index in [0.29, 0.717) is 19.4 Å². The average Bonchev–Trinajstić information content (AvgIpc) is 2.13. The van der Waals surface area contributed by atoms with Crippen molar-refractivity contribution in [3.05, 3.63) is 23.8 Å². The van der Waals surface area contributed by atoms with Gasteiger partial charge < -0.3 is 15.7 Å². The highest BCUT2D eigenvalue weighted by Gasteiger charge is 2.31. The first-order chi connectivity index (χ1) is 7.89. The highest BCUT2D eigenvalue weighted by Crippen LogP contribution is 2.31. The van der Waals surface area contributed by atoms with E-state index >= 15 is 0 Å². The van der Waals surface area contributed by atoms with Gasteiger partial charge in [0, 0.05) is 18.8 Å². The lowest BCUT2D eigenvalue weighted by Gasteiger charge is -2.38. The van der Waals surface area contributed by atoms with Gasteiger partial charge in [0.2, 0.25) is 0 Å². The summed E-state index contributed by atoms with van der Waals surface area (Å²) in [6, 6.07) is 2.20. The molecule has 5 heteroatoms. The van der Waals surface area contributed by atoms with Crippen LogP contribution in [-0.2, 0) is 0 Å². The van der Waals surface area contributed by atoms with Crippen LogP contribution in [0, 0.1) is 11.6 Å². The second-order valence-corrected chi connectivity index (χ2v) is 4.86. The van der Waals surface area contributed by atoms with Crippen molar-refractivity contribution in [1.82, 2.24) is 0 Å². The maximum absolute atomic E-state index is 13.7. The zero-order valence-corrected chi connectivity index (χ0v) is 9.71. The van der Waals surface area contributed by atoms with Crippen LogP contribution in [0.15, 0.2) is 12.1 Å². The molecule has 3 N–H and O–H groups in total. The lowest BCUT2D eigenvalue weighted by molar-refractivity contribution is 0.0446. The molecule has 1 aromatic carbocycles. The highest BCUT2D eigenvalue weighted by atomic mass is 19.1. The highest BCUT2D eigenvalue weighted by molar-refractivity contribution is 5.56. The number of aliphatic hydroxyl groups is 1. The molecule has 0 bridgehead atoms. The number of rotatable bonds is 1. The molecule has 0 aromatic heterocycles. The fourth-order valence-electron chi connectivity index (χ4n) is 2.30. The first-order valence-electron chi connectivity index (χ1n) is 5.61. The van der Waals surface area contributed by atoms with Gasteiger partial charge in [0.1, 0.15) is 5.69 Å². The van der Waals surface area contributed by atoms with Crippen molar-refractivity contribution in [3.63, 3.8) is 0 Å². The van der Waals surface area contributed by atoms with Crippen LogP contribution in [0.25, 0.3) is 0 Å². The van der Waals surface area contributed by atoms with Gasteiger partial charge in [0.25, 0.3) is 0 Å². The molecule has 2 rings (SSSR count). The fraction of sp³-hybridized carbons (Fsp3) is 0.500. The Labute approximate surface area is 98.8 Å². The Kier molecular flexibility index (Phi) is 2.95. The van der Waals surface area contributed by atoms with E-state index < -0.39 is 17.2 Å². The molecule has 94 valence electrons. The van der Waals surface area contributed by atoms with Crippen molar-refractivity contribution >= 4 is 11.4 Å². The third kappa shape index (κ3) is 2.49. The Morgan fingerprint density at radius 2 is 1.94 bits per heavy atom. The number of anilines is 2. The molecule has 1 heterocycles. The number of nitrogens with zero attached hydrogens (tertiary/aromatic N) is 1. The van der Waals surface area contributed by atoms with Gasteiger partial charge in [-0.05, 0) is 31.9 Å². The van der Waals surface area contributed by atoms with Gasteiger partial charge in [-0.2, -0.15) is 0 Å². The van der Waals surface area contributed by atoms with E-state index in [-0.39, 0.29) is 17.9 Å². The van der Waals surface area contributed by atoms with E-state index in [1.165, 1.54) is 4.90 Å². The number of β-amino-alcohol motifs (C(OH)–C–C–N with tert-alkyl or cyclic N) is 1. The van der Waals surface area contributed by atoms with Crippen molar-refractivity contribution in [2.75, 3.05) is 23.7 Å². The summed E-state index contributed by atoms with van der Waals surface area (Å²) in [6.45, 7) is 2.44. The Hall–Kier alpha value is -1.36. The molecule has 0 radical (unpaired) electrons. The van der Waals surface area contributed by atoms with Crippen molar-refractivity contribution in [3.8, 4) is 0 Å². The summed E-state index contributed by atoms with van der Waals surface area (Å²) < 4.78 is 27.4. The summed E-state index contributed by atoms with van der Waals surface area (Å²) in [4.78, 5) is 1.54. The summed E-state index contributed by atoms with van der Waals surface area (Å²) in [5.41, 5.74) is 4.42. The molecule has 0 spiro atoms. The lowest BCUT2D eigenvalue weighted by Crippen LogP contribution is -2.46. The van der Waals surface area contributed by atoms with Gasteiger partial charge in [0.15, 0.2) is 11.6 Å². The summed E-state index contributed by atoms with van der Waals surface area (Å²) in [6.07, 6.45) is 1.35. The zero-order valence-electron chi connectivity index (χ0n) is 9.71. The van der Waals surface area contributed by atoms with Gasteiger partial charge in [-0.15, -0.1) is 0 Å². The van der Waals surface area contributed by atoms with Crippen molar-refractivity contribution < 1.29 is 13.9 Å². The number of halogens is 2. The van der Waals surface area contributed by atoms with Crippen molar-refractivity contribution in [2.45, 2.75) is 25.4 Å². The quantitative estimate of drug-likeness (QED) is 0.739. The number of hydrogen-bond acceptors (Lipinski definition) is 3. The minimum Gasteiger partial charge on any atom is -0.399 e. The van der Waals surface area contributed by atoms with Crippen molar-refractivity contribution in [1.29, 1.82) is 0 Å². The standard InChI is InChI=1S/C12H16F2N2O/c1-12(17)3-2-4-16(7-12)11-9(13)5-8(15)6-10(11)14/h5-6,17H,2-4,7,15H2,1H3. The molecule has 0 saturated carbocycles. The van der Waals surface area contributed by atoms with Crippen LogP contribution in [0.5, 0.6) is 0 Å². The van der Waals surface area contributed by atoms with Crippen LogP contribution in [0.4, 0.5) is 20.2 Å². The Balaban J connectivity index is 2.34. The van der Waals surface area contributed by atoms with E-state index in [2.05, 4.69) is 0 Å². The van der Waals surface area contributed by atoms with Crippen molar-refractivity contribution in [2.24, 2.45) is 0 Å². The van der Waals surface area contributed by atoms with E-state index in [4.69, 9.17) is 5.73 Å². The largest absolute Gasteiger partial charge is 0.399 e. The molecule has 0 aliphatic carbocycles. The van der Waals surface area contributed by atoms with E-state index in [9.17, 15) is 13.9 Å². The van der Waals surface area contributed by atoms with Crippen LogP contribution >= 0.6 is 0 Å². The summed E-state index contributed by atoms with van der Waals surface area (Å²) in [5, 5.41) is 9.93. The molecular formula is C12H16F2N2O. The van der Waals surface area contributed by atoms with Crippen LogP contribution in [0.1, 0.15) is 19.8 Å². The number of hydrogen-bond donors (Lipinski definition) is 2. The topological polar surface area (TPSA) is 49.5 Å². The number of piperidine rings is 1. The minimum atomic E-state index is -0.904. The normalized spacial score (nSPS) is 25.1. The van der Waals surface area contributed by atoms with Gasteiger partial charge in [-0.25, -0.2) is 8.78 Å². The number of benzene rings is 1. The molecule has 3 nitrogen and oxygen atoms in total. The second kappa shape index (κ2) is 4.14. The lowest BCUT2D eigenvalue weighted by atomic mass is 9.94. The van der Waals surface area contributed by atoms with Crippen LogP contribution in [0.3, 0.4) is 0 Å². The summed E-state index contributed by atoms with van der Waals surface area (Å²) in [7, 11) is 0. The number of nitrogen functional groups attached to an aromatic ring is 1. The van der Waals surface area contributed by atoms with Gasteiger partial charge >= 0.3 is 0 Å². The average molecular weight is 242 g/mol. The van der Waals surface area contributed by atoms with Gasteiger partial charge in [0.05, 0.1) is 5.60 Å². The first kappa shape index (κ1) is 12.1. The molecule has 17 heavy (non-hydrogen) atoms. The van der Waals surface area contributed by atoms with E-state index in [1.54, 1.807) is 6.92 Å². The molecule has 1 aromatic rings. The molecule has 0 amide bonds. The third-order valence-corrected chi connectivity index (χ3v) is 3.03. The van der Waals surface area contributed by atoms with Crippen LogP contribution in [0.2, 0.25) is 0 Å². The number of nitrogens with two attached hydrogens (primary N) is 1. The SMILES string of the molecule is CC1(O)CCCN(c2c(F)cc(N)cc2F)C1. The van der Waals surface area contributed by atoms with Crippen LogP contribution < -0.4 is 10.6 Å². The molecular weight excluding hydrogens is 226 g/mol. The molecule has 1 aliphatic heterocycles. The maximum atomic E-state index is 13.7. The maximum Gasteiger partial charge on any atom is 0.151 e. The predicted molar refractivity (Wildman–Crippen MR) is 62.8 cm³/mol. The monoisotopic (exact) mass is 242 g/mol. The molecule has 1 atom stereocenters. The summed E-state index contributed by atoms with van der Waals surface area (Å²) >= 11 is 0. The van der Waals surface area contributed by atoms with Gasteiger partial charge in [-0.1, -0.05) is 0 Å². The first-order valence-corrected chi connectivity index (χ1v) is 5.61. The molecule has 1 aliphatic rings. The molecule has 1 fully saturated rings. The Morgan fingerprint density at radius 3 is 2.47 bits per heavy atom. The van der Waals surface area contributed by atoms with E-state index in [0.717, 1.165) is 12.1 Å². The zero-order chi connectivity index (χ0) is 12.6. The van der Waals surface area contributed by atoms with Crippen LogP contribution in [-0.4, -0.2) is 23.8 Å². The minimum absolute atomic E-state index is 0.0625. The van der Waals surface area contributed by atoms with Gasteiger partial charge in [-0.3, -0.25) is 0 Å². The third-order valence-electron chi connectivity index (χ3n) is 3.03. The second-order valence-electron chi connectivity index (χ2n) is 4.86. The Bertz CT molecular complexity index is 412.